The Morgan fingerprint density at radius 3 is 2.14 bits per heavy atom. The van der Waals surface area contributed by atoms with Crippen LogP contribution in [0.15, 0.2) is 54.6 Å². The second-order valence-corrected chi connectivity index (χ2v) is 5.94. The Bertz CT molecular complexity index is 735. The van der Waals surface area contributed by atoms with Gasteiger partial charge in [-0.25, -0.2) is 9.59 Å². The van der Waals surface area contributed by atoms with E-state index in [0.717, 1.165) is 50.0 Å². The minimum Gasteiger partial charge on any atom is -0.492 e. The molecule has 150 valence electrons. The smallest absolute Gasteiger partial charge is 0.414 e. The van der Waals surface area contributed by atoms with Gasteiger partial charge < -0.3 is 25.0 Å². The van der Waals surface area contributed by atoms with E-state index in [1.165, 1.54) is 0 Å². The zero-order valence-electron chi connectivity index (χ0n) is 15.4. The molecule has 1 aliphatic rings. The molecule has 0 saturated carbocycles. The lowest BCUT2D eigenvalue weighted by molar-refractivity contribution is -0.159. The molecule has 0 atom stereocenters. The summed E-state index contributed by atoms with van der Waals surface area (Å²) in [6.45, 7) is 6.00. The summed E-state index contributed by atoms with van der Waals surface area (Å²) in [6, 6.07) is 17.6. The summed E-state index contributed by atoms with van der Waals surface area (Å²) in [5, 5.41) is 18.1. The van der Waals surface area contributed by atoms with Crippen molar-refractivity contribution in [2.75, 3.05) is 39.3 Å². The molecule has 0 unspecified atom stereocenters. The lowest BCUT2D eigenvalue weighted by atomic mass is 10.3. The highest BCUT2D eigenvalue weighted by Crippen LogP contribution is 2.24. The molecule has 1 fully saturated rings. The van der Waals surface area contributed by atoms with Gasteiger partial charge in [0.15, 0.2) is 0 Å². The van der Waals surface area contributed by atoms with Crippen molar-refractivity contribution < 1.29 is 29.3 Å². The second kappa shape index (κ2) is 11.6. The Morgan fingerprint density at radius 1 is 0.893 bits per heavy atom. The van der Waals surface area contributed by atoms with Gasteiger partial charge in [0.25, 0.3) is 0 Å². The first-order valence-corrected chi connectivity index (χ1v) is 8.89. The van der Waals surface area contributed by atoms with Crippen molar-refractivity contribution in [2.45, 2.75) is 0 Å². The van der Waals surface area contributed by atoms with Crippen LogP contribution < -0.4 is 14.8 Å². The highest BCUT2D eigenvalue weighted by Gasteiger charge is 2.09. The summed E-state index contributed by atoms with van der Waals surface area (Å²) in [5.41, 5.74) is 0. The molecule has 2 aromatic rings. The van der Waals surface area contributed by atoms with Crippen molar-refractivity contribution in [1.29, 1.82) is 0 Å². The monoisotopic (exact) mass is 388 g/mol. The summed E-state index contributed by atoms with van der Waals surface area (Å²) >= 11 is 0. The molecule has 1 heterocycles. The van der Waals surface area contributed by atoms with Gasteiger partial charge in [-0.15, -0.1) is 0 Å². The van der Waals surface area contributed by atoms with Gasteiger partial charge in [-0.05, 0) is 24.3 Å². The van der Waals surface area contributed by atoms with E-state index >= 15 is 0 Å². The average molecular weight is 388 g/mol. The topological polar surface area (TPSA) is 108 Å². The van der Waals surface area contributed by atoms with Crippen molar-refractivity contribution in [3.63, 3.8) is 0 Å². The van der Waals surface area contributed by atoms with Crippen LogP contribution in [0, 0.1) is 0 Å². The van der Waals surface area contributed by atoms with Crippen LogP contribution in [0.4, 0.5) is 0 Å². The predicted octanol–water partition coefficient (Wildman–Crippen LogP) is 1.92. The van der Waals surface area contributed by atoms with Crippen LogP contribution in [0.2, 0.25) is 0 Å². The molecule has 0 spiro atoms. The minimum absolute atomic E-state index is 0.703. The number of para-hydroxylation sites is 1. The van der Waals surface area contributed by atoms with Gasteiger partial charge in [-0.3, -0.25) is 4.90 Å². The van der Waals surface area contributed by atoms with Crippen molar-refractivity contribution in [3.8, 4) is 17.2 Å². The van der Waals surface area contributed by atoms with E-state index in [0.29, 0.717) is 6.61 Å². The molecule has 1 saturated heterocycles. The molecule has 0 bridgehead atoms. The number of piperazine rings is 1. The average Bonchev–Trinajstić information content (AvgIpc) is 2.70. The maximum Gasteiger partial charge on any atom is 0.414 e. The lowest BCUT2D eigenvalue weighted by Crippen LogP contribution is -2.44. The lowest BCUT2D eigenvalue weighted by Gasteiger charge is -2.26. The third-order valence-corrected chi connectivity index (χ3v) is 3.85. The fourth-order valence-corrected chi connectivity index (χ4v) is 2.48. The van der Waals surface area contributed by atoms with E-state index in [2.05, 4.69) is 10.2 Å². The number of hydrogen-bond acceptors (Lipinski definition) is 6. The van der Waals surface area contributed by atoms with Gasteiger partial charge in [-0.1, -0.05) is 24.3 Å². The molecule has 28 heavy (non-hydrogen) atoms. The molecule has 0 aromatic heterocycles. The maximum atomic E-state index is 9.10. The summed E-state index contributed by atoms with van der Waals surface area (Å²) in [7, 11) is 0. The first kappa shape index (κ1) is 21.2. The number of ether oxygens (including phenoxy) is 2. The first-order valence-electron chi connectivity index (χ1n) is 8.89. The number of aliphatic carboxylic acids is 2. The van der Waals surface area contributed by atoms with E-state index in [4.69, 9.17) is 29.3 Å². The number of carboxylic acid groups (broad SMARTS) is 2. The van der Waals surface area contributed by atoms with Crippen molar-refractivity contribution in [3.05, 3.63) is 54.6 Å². The number of carboxylic acids is 2. The van der Waals surface area contributed by atoms with Gasteiger partial charge in [-0.2, -0.15) is 0 Å². The summed E-state index contributed by atoms with van der Waals surface area (Å²) < 4.78 is 11.7. The quantitative estimate of drug-likeness (QED) is 0.644. The number of nitrogens with one attached hydrogen (secondary N) is 1. The van der Waals surface area contributed by atoms with Crippen molar-refractivity contribution in [1.82, 2.24) is 10.2 Å². The molecule has 3 N–H and O–H groups in total. The first-order chi connectivity index (χ1) is 13.5. The Morgan fingerprint density at radius 2 is 1.50 bits per heavy atom. The van der Waals surface area contributed by atoms with Crippen LogP contribution in [0.25, 0.3) is 0 Å². The van der Waals surface area contributed by atoms with Crippen LogP contribution in [0.1, 0.15) is 0 Å². The van der Waals surface area contributed by atoms with Crippen LogP contribution >= 0.6 is 0 Å². The number of benzene rings is 2. The maximum absolute atomic E-state index is 9.10. The van der Waals surface area contributed by atoms with Crippen LogP contribution in [-0.4, -0.2) is 66.4 Å². The van der Waals surface area contributed by atoms with Crippen molar-refractivity contribution >= 4 is 11.9 Å². The van der Waals surface area contributed by atoms with Crippen LogP contribution in [0.3, 0.4) is 0 Å². The zero-order chi connectivity index (χ0) is 20.2. The van der Waals surface area contributed by atoms with E-state index in [9.17, 15) is 0 Å². The van der Waals surface area contributed by atoms with E-state index in [1.54, 1.807) is 0 Å². The second-order valence-electron chi connectivity index (χ2n) is 5.94. The predicted molar refractivity (Wildman–Crippen MR) is 103 cm³/mol. The Balaban J connectivity index is 0.000000409. The molecule has 0 radical (unpaired) electrons. The summed E-state index contributed by atoms with van der Waals surface area (Å²) in [4.78, 5) is 20.6. The molecule has 3 rings (SSSR count). The van der Waals surface area contributed by atoms with Gasteiger partial charge in [0.2, 0.25) is 0 Å². The number of nitrogens with zero attached hydrogens (tertiary/aromatic N) is 1. The summed E-state index contributed by atoms with van der Waals surface area (Å²) in [6.07, 6.45) is 0. The highest BCUT2D eigenvalue weighted by molar-refractivity contribution is 6.27. The zero-order valence-corrected chi connectivity index (χ0v) is 15.4. The molecule has 2 aromatic carbocycles. The molecule has 0 aliphatic carbocycles. The Hall–Kier alpha value is -3.10. The fourth-order valence-electron chi connectivity index (χ4n) is 2.48. The molecule has 0 amide bonds. The molecular weight excluding hydrogens is 364 g/mol. The van der Waals surface area contributed by atoms with Gasteiger partial charge in [0, 0.05) is 38.8 Å². The normalized spacial score (nSPS) is 13.7. The standard InChI is InChI=1S/C18H22N2O2.C2H2O4/c1-2-5-16(6-3-1)22-18-8-4-7-17(15-18)21-14-13-20-11-9-19-10-12-20;3-1(4)2(5)6/h1-8,15,19H,9-14H2;(H,3,4)(H,5,6). The van der Waals surface area contributed by atoms with Crippen molar-refractivity contribution in [2.24, 2.45) is 0 Å². The number of hydrogen-bond donors (Lipinski definition) is 3. The third-order valence-electron chi connectivity index (χ3n) is 3.85. The summed E-state index contributed by atoms with van der Waals surface area (Å²) in [5.74, 6) is -1.17. The number of rotatable bonds is 6. The molecule has 8 nitrogen and oxygen atoms in total. The van der Waals surface area contributed by atoms with E-state index in [1.807, 2.05) is 54.6 Å². The Kier molecular flexibility index (Phi) is 8.77. The van der Waals surface area contributed by atoms with Gasteiger partial charge in [0.1, 0.15) is 23.9 Å². The van der Waals surface area contributed by atoms with Gasteiger partial charge >= 0.3 is 11.9 Å². The van der Waals surface area contributed by atoms with Crippen LogP contribution in [-0.2, 0) is 9.59 Å². The molecule has 1 aliphatic heterocycles. The fraction of sp³-hybridized carbons (Fsp3) is 0.300. The SMILES string of the molecule is O=C(O)C(=O)O.c1ccc(Oc2cccc(OCCN3CCNCC3)c2)cc1. The highest BCUT2D eigenvalue weighted by atomic mass is 16.5. The van der Waals surface area contributed by atoms with E-state index in [-0.39, 0.29) is 0 Å². The van der Waals surface area contributed by atoms with Gasteiger partial charge in [0.05, 0.1) is 0 Å². The largest absolute Gasteiger partial charge is 0.492 e. The van der Waals surface area contributed by atoms with E-state index < -0.39 is 11.9 Å². The van der Waals surface area contributed by atoms with Crippen LogP contribution in [0.5, 0.6) is 17.2 Å². The third kappa shape index (κ3) is 8.07. The number of carbonyl (C=O) groups is 2. The minimum atomic E-state index is -1.82. The molecule has 8 heteroatoms. The molecular formula is C20H24N2O6. The Labute approximate surface area is 163 Å².